The van der Waals surface area contributed by atoms with Gasteiger partial charge in [-0.2, -0.15) is 9.50 Å². The largest absolute Gasteiger partial charge is 0.466 e. The van der Waals surface area contributed by atoms with Crippen molar-refractivity contribution in [1.29, 1.82) is 0 Å². The van der Waals surface area contributed by atoms with Gasteiger partial charge in [-0.1, -0.05) is 0 Å². The van der Waals surface area contributed by atoms with Crippen LogP contribution in [-0.2, 0) is 22.4 Å². The summed E-state index contributed by atoms with van der Waals surface area (Å²) in [5, 5.41) is 5.29. The van der Waals surface area contributed by atoms with E-state index in [0.717, 1.165) is 28.7 Å². The van der Waals surface area contributed by atoms with E-state index in [-0.39, 0.29) is 12.6 Å². The summed E-state index contributed by atoms with van der Waals surface area (Å²) >= 11 is 1.74. The number of hydrogen-bond donors (Lipinski definition) is 0. The molecule has 1 aliphatic carbocycles. The molecule has 4 rings (SSSR count). The quantitative estimate of drug-likeness (QED) is 0.685. The fourth-order valence-corrected chi connectivity index (χ4v) is 4.00. The predicted molar refractivity (Wildman–Crippen MR) is 80.3 cm³/mol. The summed E-state index contributed by atoms with van der Waals surface area (Å²) in [6.45, 7) is -0.203. The Kier molecular flexibility index (Phi) is 3.18. The fraction of sp³-hybridized carbons (Fsp3) is 0.429. The maximum atomic E-state index is 11.1. The molecule has 114 valence electrons. The average molecular weight is 318 g/mol. The zero-order valence-corrected chi connectivity index (χ0v) is 12.9. The van der Waals surface area contributed by atoms with Crippen LogP contribution in [0.4, 0.5) is 0 Å². The van der Waals surface area contributed by atoms with Gasteiger partial charge in [-0.15, -0.1) is 16.4 Å². The number of carbonyl (C=O) groups excluding carboxylic acids is 1. The van der Waals surface area contributed by atoms with Crippen molar-refractivity contribution < 1.29 is 14.3 Å². The van der Waals surface area contributed by atoms with E-state index in [1.165, 1.54) is 30.4 Å². The Morgan fingerprint density at radius 1 is 1.41 bits per heavy atom. The van der Waals surface area contributed by atoms with Gasteiger partial charge in [0.05, 0.1) is 12.5 Å². The van der Waals surface area contributed by atoms with Gasteiger partial charge in [0.25, 0.3) is 0 Å². The van der Waals surface area contributed by atoms with Crippen LogP contribution in [0, 0.1) is 0 Å². The molecule has 0 N–H and O–H groups in total. The van der Waals surface area contributed by atoms with E-state index in [1.54, 1.807) is 22.2 Å². The zero-order valence-electron chi connectivity index (χ0n) is 12.0. The topological polar surface area (TPSA) is 78.6 Å². The van der Waals surface area contributed by atoms with Gasteiger partial charge in [-0.25, -0.2) is 9.78 Å². The minimum absolute atomic E-state index is 0.162. The van der Waals surface area contributed by atoms with Crippen molar-refractivity contribution in [3.05, 3.63) is 16.8 Å². The van der Waals surface area contributed by atoms with E-state index in [0.29, 0.717) is 0 Å². The van der Waals surface area contributed by atoms with Crippen LogP contribution in [0.1, 0.15) is 23.3 Å². The van der Waals surface area contributed by atoms with Crippen molar-refractivity contribution in [2.75, 3.05) is 13.7 Å². The van der Waals surface area contributed by atoms with Crippen molar-refractivity contribution in [2.24, 2.45) is 0 Å². The number of ether oxygens (including phenoxy) is 2. The highest BCUT2D eigenvalue weighted by Gasteiger charge is 2.21. The molecule has 0 saturated heterocycles. The molecule has 3 aromatic heterocycles. The number of carbonyl (C=O) groups is 1. The number of rotatable bonds is 3. The van der Waals surface area contributed by atoms with Gasteiger partial charge < -0.3 is 9.47 Å². The number of aryl methyl sites for hydroxylation is 2. The molecule has 3 aromatic rings. The average Bonchev–Trinajstić information content (AvgIpc) is 3.12. The first-order chi connectivity index (χ1) is 10.8. The molecule has 0 amide bonds. The number of hydrogen-bond acceptors (Lipinski definition) is 7. The third kappa shape index (κ3) is 2.10. The van der Waals surface area contributed by atoms with E-state index in [4.69, 9.17) is 4.74 Å². The third-order valence-electron chi connectivity index (χ3n) is 3.82. The molecule has 1 aliphatic rings. The van der Waals surface area contributed by atoms with Gasteiger partial charge in [0.2, 0.25) is 0 Å². The second-order valence-corrected chi connectivity index (χ2v) is 6.25. The van der Waals surface area contributed by atoms with E-state index >= 15 is 0 Å². The number of nitrogens with zero attached hydrogens (tertiary/aromatic N) is 4. The van der Waals surface area contributed by atoms with E-state index < -0.39 is 5.97 Å². The number of thiophene rings is 1. The molecule has 0 radical (unpaired) electrons. The summed E-state index contributed by atoms with van der Waals surface area (Å²) in [5.74, 6) is -0.463. The summed E-state index contributed by atoms with van der Waals surface area (Å²) in [6, 6.07) is 0.162. The maximum absolute atomic E-state index is 11.1. The van der Waals surface area contributed by atoms with Crippen LogP contribution >= 0.6 is 11.3 Å². The first kappa shape index (κ1) is 13.4. The molecule has 0 atom stereocenters. The molecular weight excluding hydrogens is 304 g/mol. The highest BCUT2D eigenvalue weighted by atomic mass is 32.1. The van der Waals surface area contributed by atoms with Crippen LogP contribution in [0.25, 0.3) is 15.9 Å². The van der Waals surface area contributed by atoms with E-state index in [9.17, 15) is 4.79 Å². The molecule has 0 spiro atoms. The smallest absolute Gasteiger partial charge is 0.344 e. The molecule has 0 unspecified atom stereocenters. The molecule has 22 heavy (non-hydrogen) atoms. The number of esters is 1. The minimum Gasteiger partial charge on any atom is -0.466 e. The van der Waals surface area contributed by atoms with E-state index in [1.807, 2.05) is 0 Å². The Labute approximate surface area is 129 Å². The highest BCUT2D eigenvalue weighted by Crippen LogP contribution is 2.37. The summed E-state index contributed by atoms with van der Waals surface area (Å²) in [7, 11) is 1.31. The highest BCUT2D eigenvalue weighted by molar-refractivity contribution is 7.19. The SMILES string of the molecule is COC(=O)COc1nc2c3c4c(sc3ncn2n1)CCCC4. The Balaban J connectivity index is 1.79. The summed E-state index contributed by atoms with van der Waals surface area (Å²) in [5.41, 5.74) is 2.08. The molecule has 3 heterocycles. The van der Waals surface area contributed by atoms with Gasteiger partial charge in [-0.05, 0) is 31.2 Å². The second-order valence-electron chi connectivity index (χ2n) is 5.16. The van der Waals surface area contributed by atoms with E-state index in [2.05, 4.69) is 19.8 Å². The van der Waals surface area contributed by atoms with Gasteiger partial charge in [0.1, 0.15) is 11.2 Å². The van der Waals surface area contributed by atoms with Crippen LogP contribution in [0.5, 0.6) is 6.01 Å². The minimum atomic E-state index is -0.463. The molecule has 0 aromatic carbocycles. The zero-order chi connectivity index (χ0) is 15.1. The monoisotopic (exact) mass is 318 g/mol. The number of methoxy groups -OCH3 is 1. The van der Waals surface area contributed by atoms with Gasteiger partial charge in [0, 0.05) is 4.88 Å². The Bertz CT molecular complexity index is 870. The lowest BCUT2D eigenvalue weighted by Gasteiger charge is -2.09. The Hall–Kier alpha value is -2.22. The lowest BCUT2D eigenvalue weighted by molar-refractivity contribution is -0.143. The Morgan fingerprint density at radius 3 is 3.14 bits per heavy atom. The summed E-state index contributed by atoms with van der Waals surface area (Å²) in [6.07, 6.45) is 6.23. The molecule has 7 nitrogen and oxygen atoms in total. The summed E-state index contributed by atoms with van der Waals surface area (Å²) in [4.78, 5) is 22.4. The third-order valence-corrected chi connectivity index (χ3v) is 5.02. The van der Waals surface area contributed by atoms with Crippen LogP contribution < -0.4 is 4.74 Å². The first-order valence-corrected chi connectivity index (χ1v) is 7.93. The molecule has 0 fully saturated rings. The van der Waals surface area contributed by atoms with Crippen LogP contribution in [0.15, 0.2) is 6.33 Å². The van der Waals surface area contributed by atoms with Crippen LogP contribution in [-0.4, -0.2) is 39.3 Å². The first-order valence-electron chi connectivity index (χ1n) is 7.11. The molecule has 8 heteroatoms. The van der Waals surface area contributed by atoms with Gasteiger partial charge in [-0.3, -0.25) is 0 Å². The van der Waals surface area contributed by atoms with Crippen molar-refractivity contribution in [2.45, 2.75) is 25.7 Å². The number of aromatic nitrogens is 4. The van der Waals surface area contributed by atoms with Crippen molar-refractivity contribution in [3.8, 4) is 6.01 Å². The van der Waals surface area contributed by atoms with Crippen molar-refractivity contribution in [3.63, 3.8) is 0 Å². The molecule has 0 bridgehead atoms. The second kappa shape index (κ2) is 5.20. The van der Waals surface area contributed by atoms with Crippen LogP contribution in [0.2, 0.25) is 0 Å². The summed E-state index contributed by atoms with van der Waals surface area (Å²) < 4.78 is 11.4. The maximum Gasteiger partial charge on any atom is 0.344 e. The molecular formula is C14H14N4O3S. The lowest BCUT2D eigenvalue weighted by atomic mass is 9.97. The normalized spacial score (nSPS) is 14.2. The molecule has 0 saturated carbocycles. The number of fused-ring (bicyclic) bond motifs is 5. The van der Waals surface area contributed by atoms with Gasteiger partial charge >= 0.3 is 12.0 Å². The van der Waals surface area contributed by atoms with Crippen LogP contribution in [0.3, 0.4) is 0 Å². The fourth-order valence-electron chi connectivity index (χ4n) is 2.78. The van der Waals surface area contributed by atoms with Crippen molar-refractivity contribution in [1.82, 2.24) is 19.6 Å². The van der Waals surface area contributed by atoms with Gasteiger partial charge in [0.15, 0.2) is 12.3 Å². The molecule has 0 aliphatic heterocycles. The van der Waals surface area contributed by atoms with Crippen molar-refractivity contribution >= 4 is 33.2 Å². The lowest BCUT2D eigenvalue weighted by Crippen LogP contribution is -2.13. The Morgan fingerprint density at radius 2 is 2.27 bits per heavy atom. The predicted octanol–water partition coefficient (Wildman–Crippen LogP) is 1.77. The standard InChI is InChI=1S/C14H14N4O3S/c1-20-10(19)6-21-14-16-12-11-8-4-2-3-5-9(8)22-13(11)15-7-18(12)17-14/h7H,2-6H2,1H3.